The molecule has 1 aromatic heterocycles. The smallest absolute Gasteiger partial charge is 0.343 e. The van der Waals surface area contributed by atoms with Gasteiger partial charge in [-0.2, -0.15) is 18.3 Å². The number of carbonyl (C=O) groups is 1. The summed E-state index contributed by atoms with van der Waals surface area (Å²) in [5.41, 5.74) is -0.708. The quantitative estimate of drug-likeness (QED) is 0.679. The van der Waals surface area contributed by atoms with Crippen LogP contribution in [0.4, 0.5) is 18.9 Å². The van der Waals surface area contributed by atoms with E-state index in [0.717, 1.165) is 23.1 Å². The van der Waals surface area contributed by atoms with E-state index >= 15 is 0 Å². The molecular weight excluding hydrogens is 307 g/mol. The van der Waals surface area contributed by atoms with Crippen molar-refractivity contribution in [2.75, 3.05) is 6.54 Å². The van der Waals surface area contributed by atoms with E-state index in [2.05, 4.69) is 10.1 Å². The summed E-state index contributed by atoms with van der Waals surface area (Å²) in [6.45, 7) is -1.52. The van der Waals surface area contributed by atoms with Gasteiger partial charge in [-0.15, -0.1) is 0 Å². The lowest BCUT2D eigenvalue weighted by atomic mass is 10.1. The molecule has 0 spiro atoms. The maximum Gasteiger partial charge on any atom is 0.405 e. The van der Waals surface area contributed by atoms with Gasteiger partial charge in [0.2, 0.25) is 0 Å². The van der Waals surface area contributed by atoms with Crippen molar-refractivity contribution < 1.29 is 22.9 Å². The second-order valence-electron chi connectivity index (χ2n) is 4.10. The summed E-state index contributed by atoms with van der Waals surface area (Å²) in [7, 11) is 0. The Labute approximate surface area is 120 Å². The molecule has 11 heteroatoms. The fourth-order valence-corrected chi connectivity index (χ4v) is 1.62. The van der Waals surface area contributed by atoms with Gasteiger partial charge >= 0.3 is 6.18 Å². The van der Waals surface area contributed by atoms with Crippen LogP contribution in [-0.4, -0.2) is 38.3 Å². The summed E-state index contributed by atoms with van der Waals surface area (Å²) < 4.78 is 37.2. The normalized spacial score (nSPS) is 11.2. The molecule has 1 N–H and O–H groups in total. The molecule has 0 aliphatic carbocycles. The molecule has 0 aliphatic rings. The second kappa shape index (κ2) is 5.79. The van der Waals surface area contributed by atoms with Crippen LogP contribution in [0.3, 0.4) is 0 Å². The topological polar surface area (TPSA) is 103 Å². The maximum absolute atomic E-state index is 12.0. The Hall–Kier alpha value is -2.98. The standard InChI is InChI=1S/C11H8F3N5O3/c12-11(13,14)4-16-10(20)7-1-2-8(9(3-7)19(21)22)18-6-15-5-17-18/h1-3,5-6H,4H2,(H,16,20). The number of amides is 1. The highest BCUT2D eigenvalue weighted by Crippen LogP contribution is 2.23. The number of nitrogens with one attached hydrogen (secondary N) is 1. The lowest BCUT2D eigenvalue weighted by Crippen LogP contribution is -2.33. The van der Waals surface area contributed by atoms with E-state index < -0.39 is 29.2 Å². The van der Waals surface area contributed by atoms with E-state index in [0.29, 0.717) is 0 Å². The van der Waals surface area contributed by atoms with E-state index in [1.54, 1.807) is 5.32 Å². The highest BCUT2D eigenvalue weighted by molar-refractivity contribution is 5.95. The van der Waals surface area contributed by atoms with Crippen LogP contribution in [0.25, 0.3) is 5.69 Å². The van der Waals surface area contributed by atoms with Crippen molar-refractivity contribution in [1.82, 2.24) is 20.1 Å². The zero-order valence-corrected chi connectivity index (χ0v) is 10.7. The molecule has 0 saturated carbocycles. The summed E-state index contributed by atoms with van der Waals surface area (Å²) in [5.74, 6) is -1.06. The summed E-state index contributed by atoms with van der Waals surface area (Å²) >= 11 is 0. The van der Waals surface area contributed by atoms with Crippen molar-refractivity contribution in [3.8, 4) is 5.69 Å². The molecule has 0 saturated heterocycles. The number of nitrogens with zero attached hydrogens (tertiary/aromatic N) is 4. The number of alkyl halides is 3. The molecule has 1 aromatic carbocycles. The number of nitro groups is 1. The average molecular weight is 315 g/mol. The van der Waals surface area contributed by atoms with Crippen molar-refractivity contribution in [2.45, 2.75) is 6.18 Å². The number of carbonyl (C=O) groups excluding carboxylic acids is 1. The molecule has 1 heterocycles. The lowest BCUT2D eigenvalue weighted by Gasteiger charge is -2.09. The fourth-order valence-electron chi connectivity index (χ4n) is 1.62. The number of nitro benzene ring substituents is 1. The van der Waals surface area contributed by atoms with E-state index in [9.17, 15) is 28.1 Å². The zero-order chi connectivity index (χ0) is 16.3. The highest BCUT2D eigenvalue weighted by Gasteiger charge is 2.28. The molecule has 8 nitrogen and oxygen atoms in total. The highest BCUT2D eigenvalue weighted by atomic mass is 19.4. The molecule has 0 aliphatic heterocycles. The van der Waals surface area contributed by atoms with Gasteiger partial charge in [0.15, 0.2) is 0 Å². The van der Waals surface area contributed by atoms with Crippen LogP contribution in [0.1, 0.15) is 10.4 Å². The molecule has 0 unspecified atom stereocenters. The Morgan fingerprint density at radius 1 is 1.41 bits per heavy atom. The minimum atomic E-state index is -4.57. The number of aromatic nitrogens is 3. The van der Waals surface area contributed by atoms with Gasteiger partial charge in [-0.05, 0) is 12.1 Å². The number of hydrogen-bond acceptors (Lipinski definition) is 5. The Morgan fingerprint density at radius 2 is 2.14 bits per heavy atom. The SMILES string of the molecule is O=C(NCC(F)(F)F)c1ccc(-n2cncn2)c([N+](=O)[O-])c1. The summed E-state index contributed by atoms with van der Waals surface area (Å²) in [6.07, 6.45) is -2.19. The van der Waals surface area contributed by atoms with Crippen LogP contribution in [0, 0.1) is 10.1 Å². The minimum Gasteiger partial charge on any atom is -0.343 e. The van der Waals surface area contributed by atoms with E-state index in [-0.39, 0.29) is 11.3 Å². The van der Waals surface area contributed by atoms with Crippen LogP contribution in [0.15, 0.2) is 30.9 Å². The molecule has 0 radical (unpaired) electrons. The summed E-state index contributed by atoms with van der Waals surface area (Å²) in [5, 5.41) is 16.4. The number of halogens is 3. The van der Waals surface area contributed by atoms with E-state index in [4.69, 9.17) is 0 Å². The summed E-state index contributed by atoms with van der Waals surface area (Å²) in [4.78, 5) is 25.5. The molecule has 2 aromatic rings. The van der Waals surface area contributed by atoms with Gasteiger partial charge in [0.1, 0.15) is 24.9 Å². The average Bonchev–Trinajstić information content (AvgIpc) is 2.97. The monoisotopic (exact) mass is 315 g/mol. The molecule has 116 valence electrons. The number of hydrogen-bond donors (Lipinski definition) is 1. The van der Waals surface area contributed by atoms with Gasteiger partial charge in [-0.1, -0.05) is 0 Å². The molecule has 0 bridgehead atoms. The molecule has 2 rings (SSSR count). The van der Waals surface area contributed by atoms with Crippen LogP contribution < -0.4 is 5.32 Å². The maximum atomic E-state index is 12.0. The van der Waals surface area contributed by atoms with Gasteiger partial charge in [-0.3, -0.25) is 14.9 Å². The Bertz CT molecular complexity index is 699. The van der Waals surface area contributed by atoms with Crippen LogP contribution >= 0.6 is 0 Å². The predicted molar refractivity (Wildman–Crippen MR) is 66.4 cm³/mol. The van der Waals surface area contributed by atoms with Crippen molar-refractivity contribution >= 4 is 11.6 Å². The first-order valence-electron chi connectivity index (χ1n) is 5.76. The molecular formula is C11H8F3N5O3. The number of rotatable bonds is 4. The predicted octanol–water partition coefficient (Wildman–Crippen LogP) is 1.47. The Morgan fingerprint density at radius 3 is 2.68 bits per heavy atom. The van der Waals surface area contributed by atoms with Crippen molar-refractivity contribution in [3.05, 3.63) is 46.5 Å². The van der Waals surface area contributed by atoms with E-state index in [1.807, 2.05) is 0 Å². The van der Waals surface area contributed by atoms with Gasteiger partial charge in [0.25, 0.3) is 11.6 Å². The van der Waals surface area contributed by atoms with Crippen LogP contribution in [0.5, 0.6) is 0 Å². The fraction of sp³-hybridized carbons (Fsp3) is 0.182. The molecule has 22 heavy (non-hydrogen) atoms. The van der Waals surface area contributed by atoms with Crippen molar-refractivity contribution in [3.63, 3.8) is 0 Å². The van der Waals surface area contributed by atoms with Gasteiger partial charge in [0, 0.05) is 11.6 Å². The van der Waals surface area contributed by atoms with Crippen LogP contribution in [0.2, 0.25) is 0 Å². The molecule has 0 atom stereocenters. The lowest BCUT2D eigenvalue weighted by molar-refractivity contribution is -0.384. The zero-order valence-electron chi connectivity index (χ0n) is 10.7. The third-order valence-corrected chi connectivity index (χ3v) is 2.55. The number of benzene rings is 1. The molecule has 1 amide bonds. The van der Waals surface area contributed by atoms with Gasteiger partial charge in [-0.25, -0.2) is 9.67 Å². The first-order valence-corrected chi connectivity index (χ1v) is 5.76. The largest absolute Gasteiger partial charge is 0.405 e. The van der Waals surface area contributed by atoms with Gasteiger partial charge in [0.05, 0.1) is 4.92 Å². The third kappa shape index (κ3) is 3.56. The second-order valence-corrected chi connectivity index (χ2v) is 4.10. The van der Waals surface area contributed by atoms with Gasteiger partial charge < -0.3 is 5.32 Å². The minimum absolute atomic E-state index is 0.0369. The van der Waals surface area contributed by atoms with E-state index in [1.165, 1.54) is 12.4 Å². The Kier molecular flexibility index (Phi) is 4.06. The first kappa shape index (κ1) is 15.4. The third-order valence-electron chi connectivity index (χ3n) is 2.55. The van der Waals surface area contributed by atoms with Crippen molar-refractivity contribution in [2.24, 2.45) is 0 Å². The van der Waals surface area contributed by atoms with Crippen molar-refractivity contribution in [1.29, 1.82) is 0 Å². The summed E-state index contributed by atoms with van der Waals surface area (Å²) in [6, 6.07) is 3.24. The Balaban J connectivity index is 2.30. The molecule has 0 fully saturated rings. The van der Waals surface area contributed by atoms with Crippen LogP contribution in [-0.2, 0) is 0 Å². The first-order chi connectivity index (χ1) is 10.3.